The summed E-state index contributed by atoms with van der Waals surface area (Å²) < 4.78 is 10.2. The maximum Gasteiger partial charge on any atom is 0.426 e. The molecular weight excluding hydrogens is 804 g/mol. The van der Waals surface area contributed by atoms with E-state index in [9.17, 15) is 20.2 Å². The van der Waals surface area contributed by atoms with Crippen LogP contribution in [0.15, 0.2) is 81.1 Å². The number of hydrogen-bond acceptors (Lipinski definition) is 12. The SMILES string of the molecule is COc1cc(N=Nc2ccc(C)cc2[N+](=O)[O-])c(C)cc1[N+]#N.COc1cc(N=Nc2ccc(C)cc2[N+](=O)[O-])c(C)cc1[N+]#N.Cl.Cl.Cl.Cl.[Zn]. The predicted octanol–water partition coefficient (Wildman–Crippen LogP) is 11.9. The Hall–Kier alpha value is -4.90. The zero-order chi connectivity index (χ0) is 34.0. The normalized spacial score (nSPS) is 9.49. The molecule has 4 rings (SSSR count). The van der Waals surface area contributed by atoms with Crippen molar-refractivity contribution in [3.63, 3.8) is 0 Å². The largest absolute Gasteiger partial charge is 0.489 e. The molecule has 0 radical (unpaired) electrons. The summed E-state index contributed by atoms with van der Waals surface area (Å²) in [4.78, 5) is 27.4. The van der Waals surface area contributed by atoms with E-state index in [4.69, 9.17) is 20.3 Å². The molecule has 0 aliphatic heterocycles. The van der Waals surface area contributed by atoms with Crippen LogP contribution in [0.25, 0.3) is 9.95 Å². The molecule has 16 nitrogen and oxygen atoms in total. The number of benzene rings is 4. The molecule has 266 valence electrons. The van der Waals surface area contributed by atoms with Gasteiger partial charge in [0.2, 0.25) is 22.3 Å². The van der Waals surface area contributed by atoms with Gasteiger partial charge in [0.15, 0.2) is 21.3 Å². The molecule has 0 saturated carbocycles. The first-order valence-corrected chi connectivity index (χ1v) is 13.3. The standard InChI is InChI=1S/2C15H14N5O3.4ClH.Zn/c2*1-9-4-5-11(14(6-9)20(21)22)18-19-12-8-15(23-3)13(17-16)7-10(12)2;;;;;/h2*4-8H,1-3H3;4*1H;/q2*+1;;;;;. The van der Waals surface area contributed by atoms with Crippen LogP contribution in [0.5, 0.6) is 11.5 Å². The number of azo groups is 2. The third-order valence-electron chi connectivity index (χ3n) is 6.40. The van der Waals surface area contributed by atoms with Gasteiger partial charge in [0.05, 0.1) is 35.4 Å². The first-order chi connectivity index (χ1) is 21.9. The fourth-order valence-corrected chi connectivity index (χ4v) is 3.97. The van der Waals surface area contributed by atoms with Gasteiger partial charge in [-0.05, 0) is 62.1 Å². The molecule has 0 unspecified atom stereocenters. The smallest absolute Gasteiger partial charge is 0.426 e. The third-order valence-corrected chi connectivity index (χ3v) is 6.40. The summed E-state index contributed by atoms with van der Waals surface area (Å²) in [6.07, 6.45) is 0. The van der Waals surface area contributed by atoms with Crippen molar-refractivity contribution in [2.24, 2.45) is 20.5 Å². The van der Waals surface area contributed by atoms with Crippen LogP contribution in [-0.2, 0) is 19.5 Å². The Balaban J connectivity index is -0.000000823. The van der Waals surface area contributed by atoms with Gasteiger partial charge in [-0.15, -0.1) is 70.1 Å². The van der Waals surface area contributed by atoms with Crippen molar-refractivity contribution in [2.45, 2.75) is 27.7 Å². The maximum absolute atomic E-state index is 11.1. The van der Waals surface area contributed by atoms with Gasteiger partial charge in [-0.3, -0.25) is 20.2 Å². The Bertz CT molecular complexity index is 1850. The summed E-state index contributed by atoms with van der Waals surface area (Å²) >= 11 is 0. The molecule has 0 amide bonds. The summed E-state index contributed by atoms with van der Waals surface area (Å²) in [6, 6.07) is 15.7. The van der Waals surface area contributed by atoms with E-state index < -0.39 is 9.85 Å². The number of ether oxygens (including phenoxy) is 2. The van der Waals surface area contributed by atoms with E-state index in [1.165, 1.54) is 26.4 Å². The second kappa shape index (κ2) is 23.5. The Labute approximate surface area is 330 Å². The van der Waals surface area contributed by atoms with Gasteiger partial charge in [0.25, 0.3) is 11.4 Å². The zero-order valence-electron chi connectivity index (χ0n) is 28.0. The van der Waals surface area contributed by atoms with Crippen LogP contribution in [0.2, 0.25) is 0 Å². The van der Waals surface area contributed by atoms with Crippen molar-refractivity contribution in [3.8, 4) is 11.5 Å². The number of nitro benzene ring substituents is 2. The molecule has 4 aromatic rings. The summed E-state index contributed by atoms with van der Waals surface area (Å²) in [5, 5.41) is 56.0. The van der Waals surface area contributed by atoms with E-state index in [1.54, 1.807) is 76.2 Å². The van der Waals surface area contributed by atoms with Crippen LogP contribution in [0.3, 0.4) is 0 Å². The van der Waals surface area contributed by atoms with Gasteiger partial charge in [0.1, 0.15) is 0 Å². The van der Waals surface area contributed by atoms with E-state index in [0.29, 0.717) is 34.0 Å². The minimum absolute atomic E-state index is 0. The quantitative estimate of drug-likeness (QED) is 0.0546. The molecule has 0 heterocycles. The summed E-state index contributed by atoms with van der Waals surface area (Å²) in [5.74, 6) is 0.649. The van der Waals surface area contributed by atoms with Crippen molar-refractivity contribution in [3.05, 3.63) is 113 Å². The molecule has 0 aromatic heterocycles. The number of rotatable bonds is 8. The number of hydrogen-bond donors (Lipinski definition) is 0. The van der Waals surface area contributed by atoms with Crippen LogP contribution in [0.1, 0.15) is 22.3 Å². The van der Waals surface area contributed by atoms with Gasteiger partial charge in [-0.25, -0.2) is 0 Å². The topological polar surface area (TPSA) is 210 Å². The van der Waals surface area contributed by atoms with Crippen molar-refractivity contribution in [1.82, 2.24) is 0 Å². The minimum Gasteiger partial charge on any atom is -0.489 e. The van der Waals surface area contributed by atoms with E-state index in [0.717, 1.165) is 11.1 Å². The fourth-order valence-electron chi connectivity index (χ4n) is 3.97. The number of diazo groups is 2. The molecular formula is C30H32Cl4N10O6Zn+2. The molecule has 0 aliphatic carbocycles. The number of nitrogens with zero attached hydrogens (tertiary/aromatic N) is 10. The number of aryl methyl sites for hydroxylation is 4. The molecule has 0 spiro atoms. The number of halogens is 4. The molecule has 0 bridgehead atoms. The van der Waals surface area contributed by atoms with Crippen molar-refractivity contribution < 1.29 is 38.8 Å². The van der Waals surface area contributed by atoms with Crippen LogP contribution in [-0.4, -0.2) is 24.1 Å². The molecule has 0 aliphatic rings. The second-order valence-corrected chi connectivity index (χ2v) is 9.72. The van der Waals surface area contributed by atoms with Crippen molar-refractivity contribution >= 4 is 95.1 Å². The molecule has 0 fully saturated rings. The van der Waals surface area contributed by atoms with Crippen LogP contribution in [0.4, 0.5) is 45.5 Å². The maximum atomic E-state index is 11.1. The first-order valence-electron chi connectivity index (χ1n) is 13.3. The Morgan fingerprint density at radius 3 is 1.16 bits per heavy atom. The van der Waals surface area contributed by atoms with Crippen molar-refractivity contribution in [1.29, 1.82) is 10.8 Å². The Morgan fingerprint density at radius 1 is 0.569 bits per heavy atom. The number of methoxy groups -OCH3 is 2. The van der Waals surface area contributed by atoms with Gasteiger partial charge >= 0.3 is 11.4 Å². The molecule has 0 N–H and O–H groups in total. The minimum atomic E-state index is -0.497. The molecule has 21 heteroatoms. The first kappa shape index (κ1) is 50.5. The summed E-state index contributed by atoms with van der Waals surface area (Å²) in [7, 11) is 2.87. The summed E-state index contributed by atoms with van der Waals surface area (Å²) in [6.45, 7) is 7.04. The van der Waals surface area contributed by atoms with Crippen LogP contribution < -0.4 is 9.47 Å². The molecule has 4 aromatic carbocycles. The molecule has 0 atom stereocenters. The van der Waals surface area contributed by atoms with E-state index in [2.05, 4.69) is 30.4 Å². The Morgan fingerprint density at radius 2 is 0.882 bits per heavy atom. The van der Waals surface area contributed by atoms with Gasteiger partial charge in [-0.2, -0.15) is 0 Å². The molecule has 0 saturated heterocycles. The zero-order valence-corrected chi connectivity index (χ0v) is 34.3. The van der Waals surface area contributed by atoms with Gasteiger partial charge in [0, 0.05) is 55.9 Å². The van der Waals surface area contributed by atoms with Crippen LogP contribution >= 0.6 is 49.6 Å². The van der Waals surface area contributed by atoms with Crippen LogP contribution in [0, 0.1) is 58.7 Å². The van der Waals surface area contributed by atoms with E-state index in [-0.39, 0.29) is 103 Å². The van der Waals surface area contributed by atoms with Gasteiger partial charge < -0.3 is 9.47 Å². The average Bonchev–Trinajstić information content (AvgIpc) is 3.04. The second-order valence-electron chi connectivity index (χ2n) is 9.72. The third kappa shape index (κ3) is 13.4. The van der Waals surface area contributed by atoms with E-state index in [1.807, 2.05) is 0 Å². The monoisotopic (exact) mass is 832 g/mol. The summed E-state index contributed by atoms with van der Waals surface area (Å²) in [5.41, 5.74) is 4.48. The predicted molar refractivity (Wildman–Crippen MR) is 198 cm³/mol. The Kier molecular flexibility index (Phi) is 23.3. The van der Waals surface area contributed by atoms with Crippen molar-refractivity contribution in [2.75, 3.05) is 14.2 Å². The van der Waals surface area contributed by atoms with E-state index >= 15 is 0 Å². The number of nitro groups is 2. The average molecular weight is 836 g/mol. The fraction of sp³-hybridized carbons (Fsp3) is 0.200. The van der Waals surface area contributed by atoms with Gasteiger partial charge in [-0.1, -0.05) is 12.1 Å². The molecule has 51 heavy (non-hydrogen) atoms.